The summed E-state index contributed by atoms with van der Waals surface area (Å²) < 4.78 is 5.40. The molecule has 1 amide bonds. The molecule has 0 radical (unpaired) electrons. The summed E-state index contributed by atoms with van der Waals surface area (Å²) in [5.74, 6) is -0.240. The predicted octanol–water partition coefficient (Wildman–Crippen LogP) is 2.72. The van der Waals surface area contributed by atoms with Gasteiger partial charge in [0.15, 0.2) is 6.29 Å². The molecule has 5 nitrogen and oxygen atoms in total. The monoisotopic (exact) mass is 292 g/mol. The fraction of sp³-hybridized carbons (Fsp3) is 0.562. The van der Waals surface area contributed by atoms with Gasteiger partial charge in [-0.2, -0.15) is 0 Å². The number of ether oxygens (including phenoxy) is 1. The highest BCUT2D eigenvalue weighted by Gasteiger charge is 2.16. The minimum absolute atomic E-state index is 0.240. The van der Waals surface area contributed by atoms with E-state index in [2.05, 4.69) is 24.2 Å². The molecule has 0 spiro atoms. The van der Waals surface area contributed by atoms with Crippen LogP contribution in [0.25, 0.3) is 0 Å². The molecular formula is C16H24N2O3. The van der Waals surface area contributed by atoms with Gasteiger partial charge in [-0.05, 0) is 51.0 Å². The Morgan fingerprint density at radius 2 is 2.00 bits per heavy atom. The van der Waals surface area contributed by atoms with E-state index in [1.165, 1.54) is 0 Å². The molecule has 0 saturated carbocycles. The Morgan fingerprint density at radius 1 is 1.29 bits per heavy atom. The summed E-state index contributed by atoms with van der Waals surface area (Å²) in [6.45, 7) is 6.82. The fourth-order valence-corrected chi connectivity index (χ4v) is 2.39. The number of nitrogens with one attached hydrogen (secondary N) is 1. The van der Waals surface area contributed by atoms with Crippen molar-refractivity contribution < 1.29 is 14.4 Å². The quantitative estimate of drug-likeness (QED) is 0.819. The average molecular weight is 292 g/mol. The lowest BCUT2D eigenvalue weighted by Crippen LogP contribution is -2.33. The van der Waals surface area contributed by atoms with Crippen molar-refractivity contribution in [3.8, 4) is 0 Å². The number of amides is 1. The molecule has 1 fully saturated rings. The lowest BCUT2D eigenvalue weighted by Gasteiger charge is -2.22. The van der Waals surface area contributed by atoms with E-state index in [0.29, 0.717) is 12.2 Å². The molecule has 0 aliphatic carbocycles. The van der Waals surface area contributed by atoms with Crippen LogP contribution in [0.3, 0.4) is 0 Å². The summed E-state index contributed by atoms with van der Waals surface area (Å²) in [4.78, 5) is 19.5. The summed E-state index contributed by atoms with van der Waals surface area (Å²) >= 11 is 0. The zero-order valence-electron chi connectivity index (χ0n) is 12.8. The van der Waals surface area contributed by atoms with E-state index in [1.807, 2.05) is 24.3 Å². The third kappa shape index (κ3) is 4.44. The smallest absolute Gasteiger partial charge is 0.274 e. The van der Waals surface area contributed by atoms with E-state index in [9.17, 15) is 4.79 Å². The summed E-state index contributed by atoms with van der Waals surface area (Å²) in [6, 6.07) is 7.54. The highest BCUT2D eigenvalue weighted by molar-refractivity contribution is 5.93. The van der Waals surface area contributed by atoms with E-state index in [1.54, 1.807) is 0 Å². The number of hydroxylamine groups is 1. The van der Waals surface area contributed by atoms with Gasteiger partial charge in [-0.1, -0.05) is 0 Å². The van der Waals surface area contributed by atoms with Crippen LogP contribution in [0.4, 0.5) is 5.69 Å². The van der Waals surface area contributed by atoms with Gasteiger partial charge in [-0.15, -0.1) is 0 Å². The van der Waals surface area contributed by atoms with Crippen LogP contribution in [0.1, 0.15) is 43.5 Å². The molecule has 1 atom stereocenters. The maximum absolute atomic E-state index is 12.0. The van der Waals surface area contributed by atoms with Crippen molar-refractivity contribution in [3.05, 3.63) is 29.8 Å². The Morgan fingerprint density at radius 3 is 2.57 bits per heavy atom. The van der Waals surface area contributed by atoms with E-state index in [4.69, 9.17) is 9.57 Å². The second kappa shape index (κ2) is 8.00. The van der Waals surface area contributed by atoms with Crippen molar-refractivity contribution in [2.45, 2.75) is 39.4 Å². The first-order valence-corrected chi connectivity index (χ1v) is 7.67. The first-order chi connectivity index (χ1) is 10.2. The van der Waals surface area contributed by atoms with Crippen molar-refractivity contribution in [3.63, 3.8) is 0 Å². The third-order valence-corrected chi connectivity index (χ3v) is 3.68. The van der Waals surface area contributed by atoms with Gasteiger partial charge < -0.3 is 9.64 Å². The highest BCUT2D eigenvalue weighted by atomic mass is 16.8. The van der Waals surface area contributed by atoms with Gasteiger partial charge in [0.2, 0.25) is 0 Å². The maximum atomic E-state index is 12.0. The highest BCUT2D eigenvalue weighted by Crippen LogP contribution is 2.16. The topological polar surface area (TPSA) is 50.8 Å². The van der Waals surface area contributed by atoms with E-state index >= 15 is 0 Å². The minimum atomic E-state index is -0.322. The lowest BCUT2D eigenvalue weighted by molar-refractivity contribution is -0.186. The van der Waals surface area contributed by atoms with E-state index in [0.717, 1.165) is 38.0 Å². The van der Waals surface area contributed by atoms with Gasteiger partial charge in [0.05, 0.1) is 0 Å². The van der Waals surface area contributed by atoms with Crippen LogP contribution in [0.5, 0.6) is 0 Å². The number of carbonyl (C=O) groups is 1. The zero-order chi connectivity index (χ0) is 15.1. The second-order valence-corrected chi connectivity index (χ2v) is 5.06. The van der Waals surface area contributed by atoms with Crippen LogP contribution in [0, 0.1) is 0 Å². The van der Waals surface area contributed by atoms with Crippen LogP contribution in [-0.4, -0.2) is 31.9 Å². The molecule has 1 unspecified atom stereocenters. The molecule has 116 valence electrons. The van der Waals surface area contributed by atoms with Crippen molar-refractivity contribution in [1.82, 2.24) is 5.48 Å². The van der Waals surface area contributed by atoms with Crippen LogP contribution in [0.2, 0.25) is 0 Å². The van der Waals surface area contributed by atoms with Crippen LogP contribution >= 0.6 is 0 Å². The molecule has 1 aliphatic heterocycles. The molecule has 1 aromatic carbocycles. The largest absolute Gasteiger partial charge is 0.372 e. The van der Waals surface area contributed by atoms with Crippen LogP contribution < -0.4 is 10.4 Å². The van der Waals surface area contributed by atoms with Crippen molar-refractivity contribution in [2.75, 3.05) is 24.6 Å². The molecule has 0 bridgehead atoms. The molecule has 1 saturated heterocycles. The Bertz CT molecular complexity index is 437. The molecule has 2 rings (SSSR count). The Kier molecular flexibility index (Phi) is 6.02. The first kappa shape index (κ1) is 15.8. The van der Waals surface area contributed by atoms with Crippen LogP contribution in [0.15, 0.2) is 24.3 Å². The number of carbonyl (C=O) groups excluding carboxylic acids is 1. The van der Waals surface area contributed by atoms with Gasteiger partial charge in [0.1, 0.15) is 0 Å². The number of rotatable bonds is 6. The standard InChI is InChI=1S/C16H24N2O3/c1-3-18(4-2)14-10-8-13(9-11-14)16(19)17-21-15-7-5-6-12-20-15/h8-11,15H,3-7,12H2,1-2H3,(H,17,19). The maximum Gasteiger partial charge on any atom is 0.274 e. The normalized spacial score (nSPS) is 18.3. The number of nitrogens with zero attached hydrogens (tertiary/aromatic N) is 1. The van der Waals surface area contributed by atoms with Crippen molar-refractivity contribution >= 4 is 11.6 Å². The summed E-state index contributed by atoms with van der Waals surface area (Å²) in [5.41, 5.74) is 4.17. The Balaban J connectivity index is 1.87. The number of hydrogen-bond donors (Lipinski definition) is 1. The van der Waals surface area contributed by atoms with Crippen LogP contribution in [-0.2, 0) is 9.57 Å². The average Bonchev–Trinajstić information content (AvgIpc) is 2.55. The lowest BCUT2D eigenvalue weighted by atomic mass is 10.2. The van der Waals surface area contributed by atoms with Gasteiger partial charge in [-0.25, -0.2) is 10.3 Å². The molecular weight excluding hydrogens is 268 g/mol. The Labute approximate surface area is 126 Å². The first-order valence-electron chi connectivity index (χ1n) is 7.67. The third-order valence-electron chi connectivity index (χ3n) is 3.68. The number of anilines is 1. The molecule has 0 aromatic heterocycles. The van der Waals surface area contributed by atoms with E-state index < -0.39 is 0 Å². The van der Waals surface area contributed by atoms with Gasteiger partial charge in [-0.3, -0.25) is 4.79 Å². The van der Waals surface area contributed by atoms with Gasteiger partial charge in [0.25, 0.3) is 5.91 Å². The molecule has 1 N–H and O–H groups in total. The molecule has 5 heteroatoms. The minimum Gasteiger partial charge on any atom is -0.372 e. The predicted molar refractivity (Wildman–Crippen MR) is 82.1 cm³/mol. The van der Waals surface area contributed by atoms with Crippen molar-refractivity contribution in [2.24, 2.45) is 0 Å². The SMILES string of the molecule is CCN(CC)c1ccc(C(=O)NOC2CCCCO2)cc1. The molecule has 1 aliphatic rings. The molecule has 1 aromatic rings. The number of hydrogen-bond acceptors (Lipinski definition) is 4. The van der Waals surface area contributed by atoms with Gasteiger partial charge >= 0.3 is 0 Å². The summed E-state index contributed by atoms with van der Waals surface area (Å²) in [5, 5.41) is 0. The second-order valence-electron chi connectivity index (χ2n) is 5.06. The Hall–Kier alpha value is -1.59. The van der Waals surface area contributed by atoms with E-state index in [-0.39, 0.29) is 12.2 Å². The summed E-state index contributed by atoms with van der Waals surface area (Å²) in [7, 11) is 0. The van der Waals surface area contributed by atoms with Gasteiger partial charge in [0, 0.05) is 37.4 Å². The molecule has 1 heterocycles. The summed E-state index contributed by atoms with van der Waals surface area (Å²) in [6.07, 6.45) is 2.62. The molecule has 21 heavy (non-hydrogen) atoms. The van der Waals surface area contributed by atoms with Crippen molar-refractivity contribution in [1.29, 1.82) is 0 Å². The number of benzene rings is 1. The fourth-order valence-electron chi connectivity index (χ4n) is 2.39. The zero-order valence-corrected chi connectivity index (χ0v) is 12.8.